The van der Waals surface area contributed by atoms with Crippen LogP contribution in [0, 0.1) is 6.73 Å². The molecule has 0 unspecified atom stereocenters. The maximum atomic E-state index is 4.73. The second-order valence-corrected chi connectivity index (χ2v) is 1.36. The van der Waals surface area contributed by atoms with Gasteiger partial charge in [-0.1, -0.05) is 0 Å². The van der Waals surface area contributed by atoms with Gasteiger partial charge in [-0.3, -0.25) is 4.90 Å². The van der Waals surface area contributed by atoms with Crippen LogP contribution in [0.1, 0.15) is 0 Å². The first kappa shape index (κ1) is 4.09. The number of hydrogen-bond donors (Lipinski definition) is 0. The SMILES string of the molecule is CN1[C]OCC1. The monoisotopic (exact) mass is 85.1 g/mol. The lowest BCUT2D eigenvalue weighted by molar-refractivity contribution is 0.231. The molecule has 0 aromatic rings. The van der Waals surface area contributed by atoms with Crippen LogP contribution in [-0.4, -0.2) is 25.1 Å². The molecule has 2 nitrogen and oxygen atoms in total. The molecule has 0 N–H and O–H groups in total. The summed E-state index contributed by atoms with van der Waals surface area (Å²) in [6, 6.07) is 0. The number of likely N-dealkylation sites (N-methyl/N-ethyl adjacent to an activating group) is 1. The van der Waals surface area contributed by atoms with Crippen LogP contribution in [0.3, 0.4) is 0 Å². The summed E-state index contributed by atoms with van der Waals surface area (Å²) in [4.78, 5) is 1.89. The number of rotatable bonds is 0. The lowest BCUT2D eigenvalue weighted by Gasteiger charge is -1.95. The third-order valence-electron chi connectivity index (χ3n) is 0.749. The van der Waals surface area contributed by atoms with Gasteiger partial charge in [-0.05, 0) is 7.05 Å². The average Bonchev–Trinajstić information content (AvgIpc) is 1.86. The van der Waals surface area contributed by atoms with Crippen LogP contribution in [0.15, 0.2) is 0 Å². The highest BCUT2D eigenvalue weighted by Crippen LogP contribution is 1.97. The topological polar surface area (TPSA) is 12.5 Å². The van der Waals surface area contributed by atoms with E-state index in [1.807, 2.05) is 11.9 Å². The van der Waals surface area contributed by atoms with Crippen molar-refractivity contribution in [2.75, 3.05) is 20.2 Å². The zero-order valence-electron chi connectivity index (χ0n) is 3.77. The van der Waals surface area contributed by atoms with E-state index in [2.05, 4.69) is 6.73 Å². The Morgan fingerprint density at radius 1 is 1.83 bits per heavy atom. The van der Waals surface area contributed by atoms with Gasteiger partial charge in [0, 0.05) is 6.54 Å². The first-order valence-electron chi connectivity index (χ1n) is 1.98. The summed E-state index contributed by atoms with van der Waals surface area (Å²) in [7, 11) is 1.94. The standard InChI is InChI=1S/C4H7NO/c1-5-2-3-6-4-5/h2-3H2,1H3. The molecule has 34 valence electrons. The first-order chi connectivity index (χ1) is 2.89. The third kappa shape index (κ3) is 0.698. The molecule has 1 rings (SSSR count). The van der Waals surface area contributed by atoms with Crippen LogP contribution < -0.4 is 0 Å². The van der Waals surface area contributed by atoms with E-state index in [1.165, 1.54) is 0 Å². The van der Waals surface area contributed by atoms with Gasteiger partial charge in [-0.2, -0.15) is 0 Å². The highest BCUT2D eigenvalue weighted by molar-refractivity contribution is 4.59. The van der Waals surface area contributed by atoms with Gasteiger partial charge in [0.25, 0.3) is 0 Å². The normalized spacial score (nSPS) is 25.5. The van der Waals surface area contributed by atoms with Crippen LogP contribution in [0.5, 0.6) is 0 Å². The Morgan fingerprint density at radius 3 is 2.83 bits per heavy atom. The molecular formula is C4H7NO. The minimum absolute atomic E-state index is 0.802. The second-order valence-electron chi connectivity index (χ2n) is 1.36. The molecule has 1 aliphatic heterocycles. The van der Waals surface area contributed by atoms with E-state index in [0.717, 1.165) is 13.2 Å². The fourth-order valence-corrected chi connectivity index (χ4v) is 0.384. The Morgan fingerprint density at radius 2 is 2.67 bits per heavy atom. The van der Waals surface area contributed by atoms with E-state index in [0.29, 0.717) is 0 Å². The van der Waals surface area contributed by atoms with Crippen molar-refractivity contribution in [2.24, 2.45) is 0 Å². The molecule has 1 saturated heterocycles. The molecule has 0 amide bonds. The largest absolute Gasteiger partial charge is 0.350 e. The van der Waals surface area contributed by atoms with Gasteiger partial charge in [0.05, 0.1) is 6.61 Å². The molecule has 0 saturated carbocycles. The zero-order valence-corrected chi connectivity index (χ0v) is 3.77. The van der Waals surface area contributed by atoms with Crippen LogP contribution in [0.2, 0.25) is 0 Å². The fraction of sp³-hybridized carbons (Fsp3) is 0.750. The first-order valence-corrected chi connectivity index (χ1v) is 1.98. The average molecular weight is 85.1 g/mol. The zero-order chi connectivity index (χ0) is 4.41. The van der Waals surface area contributed by atoms with Crippen molar-refractivity contribution < 1.29 is 4.74 Å². The third-order valence-corrected chi connectivity index (χ3v) is 0.749. The van der Waals surface area contributed by atoms with Crippen molar-refractivity contribution in [3.8, 4) is 0 Å². The summed E-state index contributed by atoms with van der Waals surface area (Å²) < 4.78 is 4.73. The molecule has 1 fully saturated rings. The lowest BCUT2D eigenvalue weighted by atomic mass is 10.7. The Hall–Kier alpha value is -0.0800. The minimum Gasteiger partial charge on any atom is -0.350 e. The summed E-state index contributed by atoms with van der Waals surface area (Å²) >= 11 is 0. The maximum Gasteiger partial charge on any atom is 0.217 e. The van der Waals surface area contributed by atoms with Crippen LogP contribution in [0.4, 0.5) is 0 Å². The van der Waals surface area contributed by atoms with E-state index in [4.69, 9.17) is 4.74 Å². The summed E-state index contributed by atoms with van der Waals surface area (Å²) in [5, 5.41) is 0. The molecule has 6 heavy (non-hydrogen) atoms. The molecule has 0 aromatic heterocycles. The maximum absolute atomic E-state index is 4.73. The molecule has 0 aliphatic carbocycles. The molecule has 0 spiro atoms. The van der Waals surface area contributed by atoms with E-state index in [9.17, 15) is 0 Å². The predicted octanol–water partition coefficient (Wildman–Crippen LogP) is -0.0553. The molecule has 1 aliphatic rings. The summed E-state index contributed by atoms with van der Waals surface area (Å²) in [6.45, 7) is 4.44. The van der Waals surface area contributed by atoms with Gasteiger partial charge >= 0.3 is 0 Å². The van der Waals surface area contributed by atoms with Crippen LogP contribution in [0.25, 0.3) is 0 Å². The minimum atomic E-state index is 0.802. The summed E-state index contributed by atoms with van der Waals surface area (Å²) in [5.41, 5.74) is 0. The lowest BCUT2D eigenvalue weighted by Crippen LogP contribution is -2.07. The van der Waals surface area contributed by atoms with E-state index >= 15 is 0 Å². The Kier molecular flexibility index (Phi) is 1.08. The fourth-order valence-electron chi connectivity index (χ4n) is 0.384. The molecule has 0 bridgehead atoms. The Balaban J connectivity index is 2.18. The molecule has 0 atom stereocenters. The van der Waals surface area contributed by atoms with Crippen LogP contribution >= 0.6 is 0 Å². The second kappa shape index (κ2) is 1.58. The van der Waals surface area contributed by atoms with Gasteiger partial charge in [0.2, 0.25) is 6.73 Å². The van der Waals surface area contributed by atoms with Crippen molar-refractivity contribution in [3.63, 3.8) is 0 Å². The molecule has 2 radical (unpaired) electrons. The smallest absolute Gasteiger partial charge is 0.217 e. The van der Waals surface area contributed by atoms with Crippen molar-refractivity contribution in [3.05, 3.63) is 6.73 Å². The van der Waals surface area contributed by atoms with Gasteiger partial charge < -0.3 is 4.74 Å². The van der Waals surface area contributed by atoms with Gasteiger partial charge in [-0.15, -0.1) is 0 Å². The van der Waals surface area contributed by atoms with E-state index in [1.54, 1.807) is 0 Å². The van der Waals surface area contributed by atoms with Gasteiger partial charge in [-0.25, -0.2) is 0 Å². The van der Waals surface area contributed by atoms with E-state index in [-0.39, 0.29) is 0 Å². The molecule has 2 heteroatoms. The van der Waals surface area contributed by atoms with Crippen molar-refractivity contribution >= 4 is 0 Å². The Bertz CT molecular complexity index is 40.8. The molecule has 1 heterocycles. The predicted molar refractivity (Wildman–Crippen MR) is 21.8 cm³/mol. The van der Waals surface area contributed by atoms with E-state index < -0.39 is 0 Å². The summed E-state index contributed by atoms with van der Waals surface area (Å²) in [6.07, 6.45) is 0. The quantitative estimate of drug-likeness (QED) is 0.408. The number of ether oxygens (including phenoxy) is 1. The molecule has 0 aromatic carbocycles. The van der Waals surface area contributed by atoms with Crippen molar-refractivity contribution in [2.45, 2.75) is 0 Å². The van der Waals surface area contributed by atoms with Crippen molar-refractivity contribution in [1.82, 2.24) is 4.90 Å². The Labute approximate surface area is 37.7 Å². The highest BCUT2D eigenvalue weighted by atomic mass is 16.5. The molecular weight excluding hydrogens is 78.0 g/mol. The van der Waals surface area contributed by atoms with Gasteiger partial charge in [0.15, 0.2) is 0 Å². The van der Waals surface area contributed by atoms with Gasteiger partial charge in [0.1, 0.15) is 0 Å². The number of nitrogens with zero attached hydrogens (tertiary/aromatic N) is 1. The number of hydrogen-bond acceptors (Lipinski definition) is 2. The van der Waals surface area contributed by atoms with Crippen molar-refractivity contribution in [1.29, 1.82) is 0 Å². The summed E-state index contributed by atoms with van der Waals surface area (Å²) in [5.74, 6) is 0. The van der Waals surface area contributed by atoms with Crippen LogP contribution in [-0.2, 0) is 4.74 Å². The highest BCUT2D eigenvalue weighted by Gasteiger charge is 2.06.